The Morgan fingerprint density at radius 3 is 2.34 bits per heavy atom. The number of hydrogen-bond acceptors (Lipinski definition) is 2. The molecule has 3 heteroatoms. The molecule has 0 amide bonds. The molecule has 2 nitrogen and oxygen atoms in total. The Bertz CT molecular complexity index is 1470. The number of anilines is 1. The normalized spacial score (nSPS) is 13.3. The van der Waals surface area contributed by atoms with Gasteiger partial charge in [0.25, 0.3) is 0 Å². The zero-order chi connectivity index (χ0) is 24.2. The molecule has 2 atom stereocenters. The second kappa shape index (κ2) is 10.3. The predicted octanol–water partition coefficient (Wildman–Crippen LogP) is 8.75. The summed E-state index contributed by atoms with van der Waals surface area (Å²) >= 11 is 6.21. The van der Waals surface area contributed by atoms with Crippen molar-refractivity contribution in [2.75, 3.05) is 11.9 Å². The van der Waals surface area contributed by atoms with Crippen molar-refractivity contribution in [2.45, 2.75) is 25.3 Å². The molecule has 0 aliphatic rings. The minimum absolute atomic E-state index is 0.250. The molecule has 4 aromatic carbocycles. The van der Waals surface area contributed by atoms with Gasteiger partial charge >= 0.3 is 0 Å². The van der Waals surface area contributed by atoms with Gasteiger partial charge < -0.3 is 4.90 Å². The van der Waals surface area contributed by atoms with E-state index in [1.165, 1.54) is 21.9 Å². The van der Waals surface area contributed by atoms with Crippen molar-refractivity contribution in [1.82, 2.24) is 4.98 Å². The number of aromatic nitrogens is 1. The van der Waals surface area contributed by atoms with E-state index in [4.69, 9.17) is 11.6 Å². The quantitative estimate of drug-likeness (QED) is 0.233. The van der Waals surface area contributed by atoms with E-state index in [-0.39, 0.29) is 6.04 Å². The molecule has 0 saturated carbocycles. The Morgan fingerprint density at radius 2 is 1.54 bits per heavy atom. The van der Waals surface area contributed by atoms with Gasteiger partial charge in [-0.15, -0.1) is 0 Å². The third kappa shape index (κ3) is 5.23. The van der Waals surface area contributed by atoms with Gasteiger partial charge in [-0.3, -0.25) is 4.98 Å². The van der Waals surface area contributed by atoms with Crippen LogP contribution in [0.25, 0.3) is 27.8 Å². The minimum atomic E-state index is 0.250. The van der Waals surface area contributed by atoms with Gasteiger partial charge in [-0.05, 0) is 65.6 Å². The second-order valence-electron chi connectivity index (χ2n) is 9.14. The topological polar surface area (TPSA) is 16.1 Å². The lowest BCUT2D eigenvalue weighted by atomic mass is 9.88. The third-order valence-electron chi connectivity index (χ3n) is 6.95. The number of allylic oxidation sites excluding steroid dienone is 1. The Labute approximate surface area is 212 Å². The summed E-state index contributed by atoms with van der Waals surface area (Å²) in [6.07, 6.45) is 7.43. The number of para-hydroxylation sites is 1. The lowest BCUT2D eigenvalue weighted by Crippen LogP contribution is -2.34. The summed E-state index contributed by atoms with van der Waals surface area (Å²) in [6, 6.07) is 34.1. The first-order valence-corrected chi connectivity index (χ1v) is 12.4. The largest absolute Gasteiger partial charge is 0.370 e. The van der Waals surface area contributed by atoms with Gasteiger partial charge in [-0.2, -0.15) is 0 Å². The van der Waals surface area contributed by atoms with E-state index >= 15 is 0 Å². The maximum absolute atomic E-state index is 6.21. The number of rotatable bonds is 7. The summed E-state index contributed by atoms with van der Waals surface area (Å²) in [5, 5.41) is 4.45. The number of halogens is 1. The van der Waals surface area contributed by atoms with Crippen molar-refractivity contribution in [2.24, 2.45) is 0 Å². The van der Waals surface area contributed by atoms with Gasteiger partial charge in [0.15, 0.2) is 0 Å². The van der Waals surface area contributed by atoms with Gasteiger partial charge in [0, 0.05) is 29.4 Å². The van der Waals surface area contributed by atoms with E-state index < -0.39 is 0 Å². The lowest BCUT2D eigenvalue weighted by Gasteiger charge is -2.33. The number of fused-ring (bicyclic) bond motifs is 2. The van der Waals surface area contributed by atoms with Gasteiger partial charge in [-0.25, -0.2) is 0 Å². The van der Waals surface area contributed by atoms with E-state index in [1.807, 2.05) is 24.4 Å². The van der Waals surface area contributed by atoms with Crippen molar-refractivity contribution >= 4 is 45.0 Å². The summed E-state index contributed by atoms with van der Waals surface area (Å²) in [5.74, 6) is 0.292. The zero-order valence-corrected chi connectivity index (χ0v) is 20.9. The van der Waals surface area contributed by atoms with E-state index in [9.17, 15) is 0 Å². The van der Waals surface area contributed by atoms with E-state index in [0.717, 1.165) is 28.0 Å². The van der Waals surface area contributed by atoms with Crippen molar-refractivity contribution < 1.29 is 0 Å². The third-order valence-corrected chi connectivity index (χ3v) is 7.20. The first kappa shape index (κ1) is 23.1. The molecule has 0 radical (unpaired) electrons. The smallest absolute Gasteiger partial charge is 0.0703 e. The molecule has 0 spiro atoms. The Hall–Kier alpha value is -3.62. The second-order valence-corrected chi connectivity index (χ2v) is 9.58. The van der Waals surface area contributed by atoms with Crippen LogP contribution in [0.2, 0.25) is 5.02 Å². The zero-order valence-electron chi connectivity index (χ0n) is 20.1. The monoisotopic (exact) mass is 476 g/mol. The molecule has 1 aromatic heterocycles. The molecule has 35 heavy (non-hydrogen) atoms. The van der Waals surface area contributed by atoms with Crippen LogP contribution < -0.4 is 4.90 Å². The predicted molar refractivity (Wildman–Crippen MR) is 151 cm³/mol. The molecule has 0 saturated heterocycles. The Balaban J connectivity index is 1.41. The number of pyridine rings is 1. The fourth-order valence-corrected chi connectivity index (χ4v) is 4.87. The van der Waals surface area contributed by atoms with Crippen LogP contribution in [0.4, 0.5) is 5.69 Å². The molecule has 2 unspecified atom stereocenters. The summed E-state index contributed by atoms with van der Waals surface area (Å²) < 4.78 is 0. The van der Waals surface area contributed by atoms with E-state index in [1.54, 1.807) is 0 Å². The maximum atomic E-state index is 6.21. The average molecular weight is 477 g/mol. The molecular weight excluding hydrogens is 448 g/mol. The van der Waals surface area contributed by atoms with Crippen LogP contribution in [0.15, 0.2) is 109 Å². The van der Waals surface area contributed by atoms with Crippen LogP contribution in [-0.2, 0) is 0 Å². The highest BCUT2D eigenvalue weighted by atomic mass is 35.5. The molecule has 0 aliphatic heterocycles. The van der Waals surface area contributed by atoms with Crippen LogP contribution in [-0.4, -0.2) is 18.1 Å². The molecule has 0 aliphatic carbocycles. The molecule has 0 bridgehead atoms. The maximum Gasteiger partial charge on any atom is 0.0703 e. The summed E-state index contributed by atoms with van der Waals surface area (Å²) in [7, 11) is 2.16. The Morgan fingerprint density at radius 1 is 0.829 bits per heavy atom. The fraction of sp³-hybridized carbons (Fsp3) is 0.156. The molecule has 5 aromatic rings. The molecular formula is C32H29ClN2. The number of likely N-dealkylation sites (N-methyl/N-ethyl adjacent to an activating group) is 1. The van der Waals surface area contributed by atoms with Gasteiger partial charge in [0.2, 0.25) is 0 Å². The first-order chi connectivity index (χ1) is 17.1. The first-order valence-electron chi connectivity index (χ1n) is 12.1. The Kier molecular flexibility index (Phi) is 6.83. The fourth-order valence-electron chi connectivity index (χ4n) is 4.74. The molecule has 1 heterocycles. The van der Waals surface area contributed by atoms with E-state index in [0.29, 0.717) is 5.92 Å². The van der Waals surface area contributed by atoms with E-state index in [2.05, 4.69) is 115 Å². The number of nitrogens with zero attached hydrogens (tertiary/aromatic N) is 2. The average Bonchev–Trinajstić information content (AvgIpc) is 2.90. The molecule has 0 fully saturated rings. The van der Waals surface area contributed by atoms with Gasteiger partial charge in [-0.1, -0.05) is 90.5 Å². The minimum Gasteiger partial charge on any atom is -0.370 e. The number of benzene rings is 4. The van der Waals surface area contributed by atoms with Gasteiger partial charge in [0.05, 0.1) is 17.4 Å². The standard InChI is InChI=1S/C32H29ClN2/c1-23(35(2)30-21-28-11-5-6-13-32(28)34-22-30)31(26-16-18-29(33)19-17-26)12-7-8-24-14-15-25-9-3-4-10-27(25)20-24/h3-11,13-23,31H,12H2,1-2H3/b8-7+. The van der Waals surface area contributed by atoms with Crippen LogP contribution in [0.1, 0.15) is 30.4 Å². The molecule has 0 N–H and O–H groups in total. The number of hydrogen-bond donors (Lipinski definition) is 0. The van der Waals surface area contributed by atoms with Crippen LogP contribution in [0.5, 0.6) is 0 Å². The SMILES string of the molecule is CC(C(C/C=C/c1ccc2ccccc2c1)c1ccc(Cl)cc1)N(C)c1cnc2ccccc2c1. The van der Waals surface area contributed by atoms with Gasteiger partial charge in [0.1, 0.15) is 0 Å². The highest BCUT2D eigenvalue weighted by Gasteiger charge is 2.23. The summed E-state index contributed by atoms with van der Waals surface area (Å²) in [5.41, 5.74) is 4.64. The molecule has 174 valence electrons. The van der Waals surface area contributed by atoms with Crippen LogP contribution in [0, 0.1) is 0 Å². The summed E-state index contributed by atoms with van der Waals surface area (Å²) in [6.45, 7) is 2.29. The van der Waals surface area contributed by atoms with Crippen molar-refractivity contribution in [3.63, 3.8) is 0 Å². The lowest BCUT2D eigenvalue weighted by molar-refractivity contribution is 0.547. The van der Waals surface area contributed by atoms with Crippen LogP contribution in [0.3, 0.4) is 0 Å². The van der Waals surface area contributed by atoms with Crippen molar-refractivity contribution in [3.8, 4) is 0 Å². The summed E-state index contributed by atoms with van der Waals surface area (Å²) in [4.78, 5) is 7.02. The van der Waals surface area contributed by atoms with Crippen LogP contribution >= 0.6 is 11.6 Å². The highest BCUT2D eigenvalue weighted by molar-refractivity contribution is 6.30. The highest BCUT2D eigenvalue weighted by Crippen LogP contribution is 2.31. The van der Waals surface area contributed by atoms with Crippen molar-refractivity contribution in [1.29, 1.82) is 0 Å². The molecule has 5 rings (SSSR count). The van der Waals surface area contributed by atoms with Crippen molar-refractivity contribution in [3.05, 3.63) is 125 Å².